The van der Waals surface area contributed by atoms with Gasteiger partial charge in [-0.2, -0.15) is 0 Å². The number of phosphoric ester groups is 2. The van der Waals surface area contributed by atoms with Gasteiger partial charge in [0.2, 0.25) is 0 Å². The molecule has 0 saturated carbocycles. The van der Waals surface area contributed by atoms with E-state index >= 15 is 0 Å². The van der Waals surface area contributed by atoms with Crippen LogP contribution in [-0.4, -0.2) is 105 Å². The van der Waals surface area contributed by atoms with Gasteiger partial charge in [0, 0.05) is 60.6 Å². The van der Waals surface area contributed by atoms with Crippen LogP contribution in [0.3, 0.4) is 0 Å². The maximum Gasteiger partial charge on any atom is 0.694 e. The molecular weight excluding hydrogens is 837 g/mol. The van der Waals surface area contributed by atoms with Crippen LogP contribution in [0.4, 0.5) is 0 Å². The Kier molecular flexibility index (Phi) is 13.1. The van der Waals surface area contributed by atoms with E-state index in [1.165, 1.54) is 0 Å². The molecule has 3 aromatic rings. The van der Waals surface area contributed by atoms with E-state index in [0.29, 0.717) is 0 Å². The molecule has 30 heteroatoms. The molecule has 6 rings (SSSR count). The highest BCUT2D eigenvalue weighted by Gasteiger charge is 2.47. The molecule has 3 aliphatic rings. The van der Waals surface area contributed by atoms with Gasteiger partial charge < -0.3 is 29.1 Å². The average molecular weight is 872 g/mol. The second-order valence-electron chi connectivity index (χ2n) is 12.6. The number of nitrogens with zero attached hydrogens (tertiary/aromatic N) is 3. The van der Waals surface area contributed by atoms with Crippen LogP contribution in [0.1, 0.15) is 37.9 Å². The zero-order valence-corrected chi connectivity index (χ0v) is 31.5. The molecule has 312 valence electrons. The molecule has 0 aromatic carbocycles. The van der Waals surface area contributed by atoms with Crippen LogP contribution in [0.5, 0.6) is 0 Å². The molecule has 3 aliphatic heterocycles. The van der Waals surface area contributed by atoms with E-state index in [-0.39, 0.29) is 12.8 Å². The molecule has 0 radical (unpaired) electrons. The van der Waals surface area contributed by atoms with Gasteiger partial charge in [-0.15, -0.1) is 9.42 Å². The number of hydrogen-bond acceptors (Lipinski definition) is 18. The van der Waals surface area contributed by atoms with Crippen molar-refractivity contribution >= 4 is 23.9 Å². The molecular formula is C27H34N6O21P3+. The van der Waals surface area contributed by atoms with Crippen molar-refractivity contribution in [2.45, 2.75) is 74.6 Å². The minimum absolute atomic E-state index is 0.167. The Morgan fingerprint density at radius 2 is 1.02 bits per heavy atom. The maximum absolute atomic E-state index is 13.2. The Balaban J connectivity index is 1.13. The number of H-pyrrole nitrogens is 3. The summed E-state index contributed by atoms with van der Waals surface area (Å²) < 4.78 is 82.9. The number of aliphatic hydroxyl groups is 1. The lowest BCUT2D eigenvalue weighted by Crippen LogP contribution is -2.32. The van der Waals surface area contributed by atoms with Crippen molar-refractivity contribution in [2.24, 2.45) is 0 Å². The van der Waals surface area contributed by atoms with Crippen LogP contribution in [0.2, 0.25) is 0 Å². The summed E-state index contributed by atoms with van der Waals surface area (Å²) in [6.07, 6.45) is -9.69. The number of hydrogen-bond donors (Lipinski definition) is 7. The lowest BCUT2D eigenvalue weighted by atomic mass is 10.2. The molecule has 0 spiro atoms. The van der Waals surface area contributed by atoms with Gasteiger partial charge in [-0.1, -0.05) is 0 Å². The molecule has 3 aromatic heterocycles. The third kappa shape index (κ3) is 10.8. The van der Waals surface area contributed by atoms with Gasteiger partial charge in [0.1, 0.15) is 55.8 Å². The normalized spacial score (nSPS) is 29.9. The number of nitrogens with one attached hydrogen (secondary N) is 3. The van der Waals surface area contributed by atoms with Crippen molar-refractivity contribution in [3.63, 3.8) is 0 Å². The Bertz CT molecular complexity index is 2410. The SMILES string of the molecule is O=c1ccn([C@H]2C[C@H](OP(=O)(O)OC[C@H]3O[C@@H](n4ccc(=O)[nH]c4=O)C[C@@H]3OP(=O)(O)OC[C@H]3O[C@@H](n4ccc(=O)[nH]c4=O)C[C@@H]3O)[C@@H](CO[P+](=O)O)O2)c(=O)[nH]1. The number of aliphatic hydroxyl groups excluding tert-OH is 1. The van der Waals surface area contributed by atoms with Crippen molar-refractivity contribution in [2.75, 3.05) is 19.8 Å². The smallest absolute Gasteiger partial charge is 0.390 e. The van der Waals surface area contributed by atoms with Gasteiger partial charge in [-0.25, -0.2) is 23.5 Å². The van der Waals surface area contributed by atoms with E-state index in [4.69, 9.17) is 37.2 Å². The quantitative estimate of drug-likeness (QED) is 0.0733. The Morgan fingerprint density at radius 3 is 1.42 bits per heavy atom. The summed E-state index contributed by atoms with van der Waals surface area (Å²) in [4.78, 5) is 108. The molecule has 3 unspecified atom stereocenters. The second-order valence-corrected chi connectivity index (χ2v) is 16.1. The highest BCUT2D eigenvalue weighted by molar-refractivity contribution is 7.47. The zero-order valence-electron chi connectivity index (χ0n) is 28.8. The number of ether oxygens (including phenoxy) is 3. The van der Waals surface area contributed by atoms with Crippen LogP contribution in [-0.2, 0) is 50.5 Å². The molecule has 12 atom stereocenters. The fraction of sp³-hybridized carbons (Fsp3) is 0.556. The Morgan fingerprint density at radius 1 is 0.649 bits per heavy atom. The summed E-state index contributed by atoms with van der Waals surface area (Å²) >= 11 is 0. The van der Waals surface area contributed by atoms with E-state index in [2.05, 4.69) is 4.52 Å². The number of aromatic nitrogens is 6. The molecule has 3 saturated heterocycles. The summed E-state index contributed by atoms with van der Waals surface area (Å²) in [6.45, 7) is -2.35. The summed E-state index contributed by atoms with van der Waals surface area (Å²) in [5, 5.41) is 10.5. The standard InChI is InChI=1S/C27H33N6O21P3/c34-13-7-22(31-4-1-19(35)28-25(31)38)50-16(13)11-48-56(43,44)54-15-9-24(33-6-3-21(37)30-27(33)40)52-18(15)12-49-57(45,46)53-14-8-23(51-17(14)10-47-55(41)42)32-5-2-20(36)29-26(32)39/h1-6,13-18,22-24,34H,7-12H2,(H5-,28,29,30,35,36,37,38,39,40,41,42,43,44,45,46)/p+1/t13-,14-,15-,16+,17+,18+,22+,23+,24+/m0/s1. The topological polar surface area (TPSA) is 371 Å². The Hall–Kier alpha value is -3.88. The summed E-state index contributed by atoms with van der Waals surface area (Å²) in [5.74, 6) is 0. The van der Waals surface area contributed by atoms with Crippen molar-refractivity contribution in [1.29, 1.82) is 0 Å². The van der Waals surface area contributed by atoms with Crippen LogP contribution in [0.15, 0.2) is 65.6 Å². The predicted octanol–water partition coefficient (Wildman–Crippen LogP) is -2.47. The summed E-state index contributed by atoms with van der Waals surface area (Å²) in [5.41, 5.74) is -4.85. The first kappa shape index (κ1) is 42.7. The minimum atomic E-state index is -5.19. The highest BCUT2D eigenvalue weighted by Crippen LogP contribution is 2.52. The third-order valence-electron chi connectivity index (χ3n) is 8.74. The largest absolute Gasteiger partial charge is 0.694 e. The molecule has 0 aliphatic carbocycles. The molecule has 7 N–H and O–H groups in total. The first-order valence-corrected chi connectivity index (χ1v) is 20.7. The van der Waals surface area contributed by atoms with E-state index in [1.807, 2.05) is 15.0 Å². The van der Waals surface area contributed by atoms with Gasteiger partial charge in [-0.05, 0) is 0 Å². The third-order valence-corrected chi connectivity index (χ3v) is 11.1. The predicted molar refractivity (Wildman–Crippen MR) is 183 cm³/mol. The molecule has 0 amide bonds. The maximum atomic E-state index is 13.2. The molecule has 3 fully saturated rings. The monoisotopic (exact) mass is 871 g/mol. The van der Waals surface area contributed by atoms with E-state index in [9.17, 15) is 57.4 Å². The van der Waals surface area contributed by atoms with Gasteiger partial charge in [-0.3, -0.25) is 61.1 Å². The lowest BCUT2D eigenvalue weighted by molar-refractivity contribution is -0.0611. The fourth-order valence-electron chi connectivity index (χ4n) is 6.14. The van der Waals surface area contributed by atoms with Crippen LogP contribution in [0, 0.1) is 0 Å². The average Bonchev–Trinajstić information content (AvgIpc) is 3.81. The van der Waals surface area contributed by atoms with Crippen molar-refractivity contribution in [1.82, 2.24) is 28.7 Å². The molecule has 6 heterocycles. The number of aromatic amines is 3. The van der Waals surface area contributed by atoms with E-state index < -0.39 is 139 Å². The first-order chi connectivity index (χ1) is 26.9. The lowest BCUT2D eigenvalue weighted by Gasteiger charge is -2.24. The molecule has 57 heavy (non-hydrogen) atoms. The van der Waals surface area contributed by atoms with E-state index in [0.717, 1.165) is 50.5 Å². The van der Waals surface area contributed by atoms with Crippen molar-refractivity contribution in [3.8, 4) is 0 Å². The summed E-state index contributed by atoms with van der Waals surface area (Å²) in [7, 11) is -13.5. The van der Waals surface area contributed by atoms with Crippen LogP contribution in [0.25, 0.3) is 0 Å². The van der Waals surface area contributed by atoms with Crippen molar-refractivity contribution in [3.05, 3.63) is 99.3 Å². The summed E-state index contributed by atoms with van der Waals surface area (Å²) in [6, 6.07) is 3.03. The minimum Gasteiger partial charge on any atom is -0.390 e. The van der Waals surface area contributed by atoms with Crippen molar-refractivity contribution < 1.29 is 70.3 Å². The highest BCUT2D eigenvalue weighted by atomic mass is 31.2. The fourth-order valence-corrected chi connectivity index (χ4v) is 8.33. The first-order valence-electron chi connectivity index (χ1n) is 16.6. The number of rotatable bonds is 16. The second kappa shape index (κ2) is 17.5. The van der Waals surface area contributed by atoms with Crippen LogP contribution < -0.4 is 33.7 Å². The van der Waals surface area contributed by atoms with Gasteiger partial charge >= 0.3 is 41.0 Å². The van der Waals surface area contributed by atoms with Gasteiger partial charge in [0.15, 0.2) is 0 Å². The number of phosphoric acid groups is 2. The van der Waals surface area contributed by atoms with Gasteiger partial charge in [0.05, 0.1) is 19.3 Å². The van der Waals surface area contributed by atoms with E-state index in [1.54, 1.807) is 0 Å². The molecule has 0 bridgehead atoms. The van der Waals surface area contributed by atoms with Gasteiger partial charge in [0.25, 0.3) is 16.7 Å². The molecule has 27 nitrogen and oxygen atoms in total. The van der Waals surface area contributed by atoms with Crippen LogP contribution >= 0.6 is 23.9 Å². The zero-order chi connectivity index (χ0) is 41.2. The Labute approximate surface area is 316 Å².